The molecule has 0 spiro atoms. The number of rotatable bonds is 13. The van der Waals surface area contributed by atoms with Gasteiger partial charge in [-0.1, -0.05) is 25.5 Å². The fraction of sp³-hybridized carbons (Fsp3) is 0.562. The predicted molar refractivity (Wildman–Crippen MR) is 123 cm³/mol. The summed E-state index contributed by atoms with van der Waals surface area (Å²) in [5, 5.41) is 0. The van der Waals surface area contributed by atoms with Crippen molar-refractivity contribution in [1.29, 1.82) is 0 Å². The lowest BCUT2D eigenvalue weighted by Crippen LogP contribution is -2.42. The minimum Gasteiger partial charge on any atom is -0.365 e. The molecule has 0 fully saturated rings. The first-order valence-electron chi connectivity index (χ1n) is 8.67. The smallest absolute Gasteiger partial charge is 0.365 e. The molecule has 2 aromatic rings. The topological polar surface area (TPSA) is 40.6 Å². The highest BCUT2D eigenvalue weighted by Gasteiger charge is 2.43. The van der Waals surface area contributed by atoms with Gasteiger partial charge in [0.2, 0.25) is 0 Å². The van der Waals surface area contributed by atoms with Crippen LogP contribution in [0, 0.1) is 0 Å². The molecule has 0 aliphatic heterocycles. The summed E-state index contributed by atoms with van der Waals surface area (Å²) in [4.78, 5) is 4.83. The molecule has 0 aliphatic carbocycles. The van der Waals surface area contributed by atoms with Crippen LogP contribution >= 0.6 is 52.0 Å². The normalized spacial score (nSPS) is 12.2. The maximum absolute atomic E-state index is 5.85. The number of thiazole rings is 1. The van der Waals surface area contributed by atoms with Crippen molar-refractivity contribution in [3.8, 4) is 0 Å². The monoisotopic (exact) mass is 467 g/mol. The van der Waals surface area contributed by atoms with Gasteiger partial charge < -0.3 is 13.3 Å². The Morgan fingerprint density at radius 1 is 1.00 bits per heavy atom. The van der Waals surface area contributed by atoms with Crippen LogP contribution in [0.5, 0.6) is 0 Å². The maximum atomic E-state index is 5.85. The van der Waals surface area contributed by atoms with E-state index in [4.69, 9.17) is 18.3 Å². The first-order chi connectivity index (χ1) is 12.7. The molecule has 0 saturated carbocycles. The second-order valence-electron chi connectivity index (χ2n) is 5.10. The van der Waals surface area contributed by atoms with Gasteiger partial charge in [0.05, 0.1) is 10.2 Å². The number of nitrogens with zero attached hydrogens (tertiary/aromatic N) is 1. The molecule has 0 atom stereocenters. The minimum atomic E-state index is -2.66. The Bertz CT molecular complexity index is 655. The third-order valence-electron chi connectivity index (χ3n) is 3.23. The Kier molecular flexibility index (Phi) is 10.8. The first-order valence-corrected chi connectivity index (χ1v) is 16.8. The average molecular weight is 468 g/mol. The van der Waals surface area contributed by atoms with Crippen LogP contribution in [0.25, 0.3) is 10.2 Å². The number of benzene rings is 1. The highest BCUT2D eigenvalue weighted by Crippen LogP contribution is 2.51. The molecule has 1 heterocycles. The van der Waals surface area contributed by atoms with Crippen molar-refractivity contribution in [2.45, 2.75) is 44.9 Å². The summed E-state index contributed by atoms with van der Waals surface area (Å²) in [6.07, 6.45) is 2.22. The van der Waals surface area contributed by atoms with Crippen molar-refractivity contribution in [3.63, 3.8) is 0 Å². The van der Waals surface area contributed by atoms with E-state index in [-0.39, 0.29) is 0 Å². The average Bonchev–Trinajstić information content (AvgIpc) is 3.04. The van der Waals surface area contributed by atoms with Gasteiger partial charge in [-0.2, -0.15) is 0 Å². The van der Waals surface area contributed by atoms with E-state index in [2.05, 4.69) is 25.1 Å². The third kappa shape index (κ3) is 6.59. The second-order valence-corrected chi connectivity index (χ2v) is 16.5. The van der Waals surface area contributed by atoms with E-state index in [1.165, 1.54) is 10.3 Å². The summed E-state index contributed by atoms with van der Waals surface area (Å²) in [5.41, 5.74) is 2.50. The van der Waals surface area contributed by atoms with Crippen LogP contribution in [0.1, 0.15) is 39.7 Å². The molecule has 0 unspecified atom stereocenters. The summed E-state index contributed by atoms with van der Waals surface area (Å²) in [5.74, 6) is 0. The summed E-state index contributed by atoms with van der Waals surface area (Å²) >= 11 is 1.75. The van der Waals surface area contributed by atoms with Gasteiger partial charge in [0, 0.05) is 19.8 Å². The van der Waals surface area contributed by atoms with E-state index in [0.29, 0.717) is 19.8 Å². The fourth-order valence-corrected chi connectivity index (χ4v) is 17.6. The summed E-state index contributed by atoms with van der Waals surface area (Å²) in [6.45, 7) is 9.91. The van der Waals surface area contributed by atoms with Crippen molar-refractivity contribution in [3.05, 3.63) is 23.8 Å². The molecule has 10 heteroatoms. The van der Waals surface area contributed by atoms with Gasteiger partial charge in [0.25, 0.3) is 0 Å². The molecule has 26 heavy (non-hydrogen) atoms. The van der Waals surface area contributed by atoms with E-state index >= 15 is 0 Å². The zero-order valence-electron chi connectivity index (χ0n) is 15.5. The van der Waals surface area contributed by atoms with Crippen LogP contribution in [-0.4, -0.2) is 32.8 Å². The zero-order chi connectivity index (χ0) is 18.8. The van der Waals surface area contributed by atoms with Crippen molar-refractivity contribution < 1.29 is 13.3 Å². The van der Waals surface area contributed by atoms with E-state index in [9.17, 15) is 0 Å². The largest absolute Gasteiger partial charge is 0.585 e. The van der Waals surface area contributed by atoms with Crippen molar-refractivity contribution in [2.75, 3.05) is 19.8 Å². The van der Waals surface area contributed by atoms with Gasteiger partial charge in [-0.15, -0.1) is 11.3 Å². The lowest BCUT2D eigenvalue weighted by Gasteiger charge is -2.25. The number of hydrogen-bond donors (Lipinski definition) is 0. The van der Waals surface area contributed by atoms with Crippen LogP contribution in [0.3, 0.4) is 0 Å². The Balaban J connectivity index is 1.94. The van der Waals surface area contributed by atoms with Gasteiger partial charge in [0.1, 0.15) is 0 Å². The molecular weight excluding hydrogens is 443 g/mol. The quantitative estimate of drug-likeness (QED) is 0.180. The van der Waals surface area contributed by atoms with E-state index in [1.807, 2.05) is 20.8 Å². The van der Waals surface area contributed by atoms with E-state index in [0.717, 1.165) is 22.7 Å². The number of para-hydroxylation sites is 1. The molecule has 4 nitrogen and oxygen atoms in total. The molecule has 0 radical (unpaired) electrons. The second kappa shape index (κ2) is 12.2. The van der Waals surface area contributed by atoms with E-state index < -0.39 is 7.95 Å². The Morgan fingerprint density at radius 2 is 1.69 bits per heavy atom. The number of fused-ring (bicyclic) bond motifs is 1. The molecule has 0 amide bonds. The molecule has 0 N–H and O–H groups in total. The van der Waals surface area contributed by atoms with Crippen molar-refractivity contribution >= 4 is 70.2 Å². The van der Waals surface area contributed by atoms with E-state index in [1.54, 1.807) is 52.0 Å². The first kappa shape index (κ1) is 22.9. The summed E-state index contributed by atoms with van der Waals surface area (Å²) in [6, 6.07) is 6.47. The number of aryl methyl sites for hydroxylation is 1. The van der Waals surface area contributed by atoms with Gasteiger partial charge >= 0.3 is 7.95 Å². The number of hydrogen-bond acceptors (Lipinski definition) is 9. The molecule has 0 bridgehead atoms. The van der Waals surface area contributed by atoms with Crippen LogP contribution < -0.4 is 0 Å². The Labute approximate surface area is 176 Å². The highest BCUT2D eigenvalue weighted by atomic mass is 33.7. The molecule has 0 saturated heterocycles. The Morgan fingerprint density at radius 3 is 2.31 bits per heavy atom. The molecule has 1 aromatic heterocycles. The molecule has 1 aromatic carbocycles. The van der Waals surface area contributed by atoms with Gasteiger partial charge in [-0.3, -0.25) is 0 Å². The lowest BCUT2D eigenvalue weighted by atomic mass is 10.1. The Hall–Kier alpha value is 0.607. The molecule has 0 aliphatic rings. The molecule has 146 valence electrons. The molecular formula is C16H25NO3S5Si. The van der Waals surface area contributed by atoms with Gasteiger partial charge in [-0.25, -0.2) is 4.98 Å². The predicted octanol–water partition coefficient (Wildman–Crippen LogP) is 6.83. The summed E-state index contributed by atoms with van der Waals surface area (Å²) in [7, 11) is 3.95. The van der Waals surface area contributed by atoms with Crippen molar-refractivity contribution in [2.24, 2.45) is 0 Å². The molecule has 2 rings (SSSR count). The van der Waals surface area contributed by atoms with Crippen LogP contribution in [-0.2, 0) is 19.7 Å². The maximum Gasteiger partial charge on any atom is 0.585 e. The zero-order valence-corrected chi connectivity index (χ0v) is 20.6. The summed E-state index contributed by atoms with van der Waals surface area (Å²) < 4.78 is 19.9. The van der Waals surface area contributed by atoms with Crippen LogP contribution in [0.15, 0.2) is 22.5 Å². The highest BCUT2D eigenvalue weighted by molar-refractivity contribution is 9.28. The SMILES string of the molecule is CCCc1cccc2sc(SSSS[Si](OCC)(OCC)OCC)nc12. The van der Waals surface area contributed by atoms with Crippen LogP contribution in [0.2, 0.25) is 0 Å². The van der Waals surface area contributed by atoms with Crippen LogP contribution in [0.4, 0.5) is 0 Å². The number of aromatic nitrogens is 1. The fourth-order valence-electron chi connectivity index (χ4n) is 2.32. The standard InChI is InChI=1S/C16H25NO3S5Si/c1-5-10-13-11-9-12-14-15(13)17-16(21-14)22-23-24-25-26(18-6-2,19-7-3)20-8-4/h9,11-12H,5-8,10H2,1-4H3. The lowest BCUT2D eigenvalue weighted by molar-refractivity contribution is 0.0971. The third-order valence-corrected chi connectivity index (χ3v) is 17.0. The minimum absolute atomic E-state index is 0.593. The van der Waals surface area contributed by atoms with Gasteiger partial charge in [0.15, 0.2) is 4.34 Å². The van der Waals surface area contributed by atoms with Gasteiger partial charge in [-0.05, 0) is 79.5 Å². The van der Waals surface area contributed by atoms with Crippen molar-refractivity contribution in [1.82, 2.24) is 4.98 Å².